The maximum Gasteiger partial charge on any atom is 0.219 e. The standard InChI is InChI=1S/C24H27N9OS2/c1-35-33-6-4-31(5-7-33)20-3-2-16(13-26-20)19-12-18-21(36-19)23(32-8-10-34-11-9-32)30-22(29-18)17-14-27-24(25)28-15-17/h2-3,12-15H,4-11H2,1H3,(H2,25,27,28). The summed E-state index contributed by atoms with van der Waals surface area (Å²) in [5, 5.41) is 0. The lowest BCUT2D eigenvalue weighted by molar-refractivity contribution is 0.122. The highest BCUT2D eigenvalue weighted by Gasteiger charge is 2.22. The highest BCUT2D eigenvalue weighted by atomic mass is 32.2. The Morgan fingerprint density at radius 2 is 1.64 bits per heavy atom. The summed E-state index contributed by atoms with van der Waals surface area (Å²) >= 11 is 3.51. The smallest absolute Gasteiger partial charge is 0.219 e. The number of morpholine rings is 1. The number of anilines is 3. The quantitative estimate of drug-likeness (QED) is 0.391. The number of fused-ring (bicyclic) bond motifs is 1. The van der Waals surface area contributed by atoms with Crippen molar-refractivity contribution in [3.8, 4) is 21.8 Å². The summed E-state index contributed by atoms with van der Waals surface area (Å²) in [7, 11) is 0. The van der Waals surface area contributed by atoms with Crippen LogP contribution in [0.4, 0.5) is 17.6 Å². The minimum absolute atomic E-state index is 0.230. The monoisotopic (exact) mass is 521 g/mol. The molecule has 2 saturated heterocycles. The molecule has 0 unspecified atom stereocenters. The average Bonchev–Trinajstić information content (AvgIpc) is 3.38. The molecule has 186 valence electrons. The number of nitrogens with zero attached hydrogens (tertiary/aromatic N) is 8. The van der Waals surface area contributed by atoms with Gasteiger partial charge in [-0.1, -0.05) is 11.9 Å². The fraction of sp³-hybridized carbons (Fsp3) is 0.375. The van der Waals surface area contributed by atoms with Crippen molar-refractivity contribution in [2.45, 2.75) is 0 Å². The van der Waals surface area contributed by atoms with Crippen LogP contribution in [-0.2, 0) is 4.74 Å². The van der Waals surface area contributed by atoms with Crippen LogP contribution in [0.2, 0.25) is 0 Å². The van der Waals surface area contributed by atoms with Crippen molar-refractivity contribution in [3.05, 3.63) is 36.8 Å². The van der Waals surface area contributed by atoms with Crippen molar-refractivity contribution >= 4 is 51.1 Å². The van der Waals surface area contributed by atoms with Crippen molar-refractivity contribution in [2.24, 2.45) is 0 Å². The van der Waals surface area contributed by atoms with Gasteiger partial charge in [0.1, 0.15) is 5.82 Å². The van der Waals surface area contributed by atoms with Gasteiger partial charge in [-0.3, -0.25) is 0 Å². The lowest BCUT2D eigenvalue weighted by Crippen LogP contribution is -2.43. The largest absolute Gasteiger partial charge is 0.378 e. The van der Waals surface area contributed by atoms with E-state index < -0.39 is 0 Å². The van der Waals surface area contributed by atoms with Crippen molar-refractivity contribution in [1.29, 1.82) is 0 Å². The Morgan fingerprint density at radius 3 is 2.33 bits per heavy atom. The normalized spacial score (nSPS) is 17.1. The van der Waals surface area contributed by atoms with Gasteiger partial charge in [-0.05, 0) is 24.5 Å². The Labute approximate surface area is 217 Å². The number of nitrogens with two attached hydrogens (primary N) is 1. The Kier molecular flexibility index (Phi) is 6.57. The van der Waals surface area contributed by atoms with Gasteiger partial charge >= 0.3 is 0 Å². The van der Waals surface area contributed by atoms with Crippen LogP contribution in [0.3, 0.4) is 0 Å². The molecule has 0 aliphatic carbocycles. The topological polar surface area (TPSA) is 109 Å². The van der Waals surface area contributed by atoms with E-state index in [4.69, 9.17) is 25.4 Å². The van der Waals surface area contributed by atoms with Crippen molar-refractivity contribution < 1.29 is 4.74 Å². The van der Waals surface area contributed by atoms with E-state index in [1.807, 2.05) is 18.1 Å². The second kappa shape index (κ2) is 10.1. The minimum Gasteiger partial charge on any atom is -0.378 e. The summed E-state index contributed by atoms with van der Waals surface area (Å²) in [4.78, 5) is 28.6. The summed E-state index contributed by atoms with van der Waals surface area (Å²) in [6.07, 6.45) is 7.44. The van der Waals surface area contributed by atoms with E-state index in [0.717, 1.165) is 77.1 Å². The number of aromatic nitrogens is 5. The number of piperazine rings is 1. The van der Waals surface area contributed by atoms with Crippen LogP contribution in [-0.4, -0.2) is 88.0 Å². The molecule has 6 heterocycles. The zero-order valence-corrected chi connectivity index (χ0v) is 21.6. The molecule has 0 radical (unpaired) electrons. The maximum absolute atomic E-state index is 5.69. The average molecular weight is 522 g/mol. The molecule has 0 saturated carbocycles. The number of nitrogen functional groups attached to an aromatic ring is 1. The van der Waals surface area contributed by atoms with Crippen LogP contribution in [0.1, 0.15) is 0 Å². The fourth-order valence-corrected chi connectivity index (χ4v) is 6.08. The van der Waals surface area contributed by atoms with Crippen LogP contribution in [0.5, 0.6) is 0 Å². The number of rotatable bonds is 5. The minimum atomic E-state index is 0.230. The number of hydrogen-bond donors (Lipinski definition) is 1. The van der Waals surface area contributed by atoms with Crippen LogP contribution >= 0.6 is 23.3 Å². The van der Waals surface area contributed by atoms with E-state index in [0.29, 0.717) is 19.0 Å². The fourth-order valence-electron chi connectivity index (χ4n) is 4.45. The molecule has 0 amide bonds. The molecule has 2 aliphatic rings. The summed E-state index contributed by atoms with van der Waals surface area (Å²) in [5.74, 6) is 2.77. The van der Waals surface area contributed by atoms with Gasteiger partial charge in [0.15, 0.2) is 11.6 Å². The van der Waals surface area contributed by atoms with Gasteiger partial charge in [-0.2, -0.15) is 0 Å². The zero-order valence-electron chi connectivity index (χ0n) is 20.0. The Bertz CT molecular complexity index is 1330. The van der Waals surface area contributed by atoms with Crippen LogP contribution in [0.25, 0.3) is 32.0 Å². The molecular weight excluding hydrogens is 494 g/mol. The first-order chi connectivity index (χ1) is 17.7. The molecule has 6 rings (SSSR count). The molecule has 2 aliphatic heterocycles. The third-order valence-corrected chi connectivity index (χ3v) is 8.50. The number of hydrogen-bond acceptors (Lipinski definition) is 12. The number of pyridine rings is 1. The molecule has 12 heteroatoms. The molecular formula is C24H27N9OS2. The van der Waals surface area contributed by atoms with Gasteiger partial charge in [0.05, 0.1) is 29.0 Å². The SMILES string of the molecule is CSN1CCN(c2ccc(-c3cc4nc(-c5cnc(N)nc5)nc(N5CCOCC5)c4s3)cn2)CC1. The predicted octanol–water partition coefficient (Wildman–Crippen LogP) is 3.03. The Balaban J connectivity index is 1.34. The van der Waals surface area contributed by atoms with Gasteiger partial charge in [0.2, 0.25) is 5.95 Å². The third kappa shape index (κ3) is 4.69. The summed E-state index contributed by atoms with van der Waals surface area (Å²) in [6, 6.07) is 6.41. The zero-order chi connectivity index (χ0) is 24.5. The molecule has 36 heavy (non-hydrogen) atoms. The van der Waals surface area contributed by atoms with Gasteiger partial charge < -0.3 is 20.3 Å². The maximum atomic E-state index is 5.69. The van der Waals surface area contributed by atoms with E-state index >= 15 is 0 Å². The molecule has 0 spiro atoms. The van der Waals surface area contributed by atoms with Crippen LogP contribution in [0.15, 0.2) is 36.8 Å². The van der Waals surface area contributed by atoms with E-state index in [-0.39, 0.29) is 5.95 Å². The number of thiophene rings is 1. The molecule has 10 nitrogen and oxygen atoms in total. The molecule has 2 N–H and O–H groups in total. The predicted molar refractivity (Wildman–Crippen MR) is 146 cm³/mol. The molecule has 0 atom stereocenters. The van der Waals surface area contributed by atoms with Gasteiger partial charge in [0, 0.05) is 68.3 Å². The van der Waals surface area contributed by atoms with Crippen molar-refractivity contribution in [2.75, 3.05) is 74.3 Å². The Hall–Kier alpha value is -3.06. The van der Waals surface area contributed by atoms with E-state index in [1.54, 1.807) is 23.7 Å². The second-order valence-corrected chi connectivity index (χ2v) is 10.6. The lowest BCUT2D eigenvalue weighted by Gasteiger charge is -2.33. The first-order valence-electron chi connectivity index (χ1n) is 11.9. The van der Waals surface area contributed by atoms with Crippen molar-refractivity contribution in [1.82, 2.24) is 29.2 Å². The summed E-state index contributed by atoms with van der Waals surface area (Å²) in [6.45, 7) is 7.02. The van der Waals surface area contributed by atoms with E-state index in [1.165, 1.54) is 0 Å². The summed E-state index contributed by atoms with van der Waals surface area (Å²) < 4.78 is 9.03. The molecule has 4 aromatic rings. The third-order valence-electron chi connectivity index (χ3n) is 6.45. The Morgan fingerprint density at radius 1 is 0.889 bits per heavy atom. The molecule has 0 bridgehead atoms. The molecule has 2 fully saturated rings. The van der Waals surface area contributed by atoms with Crippen LogP contribution < -0.4 is 15.5 Å². The lowest BCUT2D eigenvalue weighted by atomic mass is 10.2. The highest BCUT2D eigenvalue weighted by molar-refractivity contribution is 7.96. The molecule has 4 aromatic heterocycles. The van der Waals surface area contributed by atoms with Gasteiger partial charge in [-0.25, -0.2) is 29.2 Å². The van der Waals surface area contributed by atoms with Gasteiger partial charge in [-0.15, -0.1) is 11.3 Å². The summed E-state index contributed by atoms with van der Waals surface area (Å²) in [5.41, 5.74) is 8.40. The van der Waals surface area contributed by atoms with E-state index in [9.17, 15) is 0 Å². The van der Waals surface area contributed by atoms with Crippen molar-refractivity contribution in [3.63, 3.8) is 0 Å². The number of ether oxygens (including phenoxy) is 1. The molecule has 0 aromatic carbocycles. The first-order valence-corrected chi connectivity index (χ1v) is 13.9. The first kappa shape index (κ1) is 23.3. The van der Waals surface area contributed by atoms with E-state index in [2.05, 4.69) is 48.5 Å². The highest BCUT2D eigenvalue weighted by Crippen LogP contribution is 2.39. The van der Waals surface area contributed by atoms with Gasteiger partial charge in [0.25, 0.3) is 0 Å². The second-order valence-electron chi connectivity index (χ2n) is 8.63. The van der Waals surface area contributed by atoms with Crippen LogP contribution in [0, 0.1) is 0 Å².